The Morgan fingerprint density at radius 3 is 2.74 bits per heavy atom. The summed E-state index contributed by atoms with van der Waals surface area (Å²) in [6, 6.07) is 3.86. The fraction of sp³-hybridized carbons (Fsp3) is 0.400. The van der Waals surface area contributed by atoms with E-state index >= 15 is 0 Å². The summed E-state index contributed by atoms with van der Waals surface area (Å²) in [5.41, 5.74) is -0.245. The quantitative estimate of drug-likeness (QED) is 0.626. The monoisotopic (exact) mass is 320 g/mol. The van der Waals surface area contributed by atoms with Gasteiger partial charge in [0.05, 0.1) is 4.92 Å². The second-order valence-corrected chi connectivity index (χ2v) is 5.49. The van der Waals surface area contributed by atoms with Gasteiger partial charge in [0.2, 0.25) is 0 Å². The van der Waals surface area contributed by atoms with Crippen LogP contribution in [0.25, 0.3) is 0 Å². The molecule has 1 aliphatic carbocycles. The van der Waals surface area contributed by atoms with Crippen LogP contribution in [0.2, 0.25) is 0 Å². The molecule has 2 N–H and O–H groups in total. The highest BCUT2D eigenvalue weighted by atomic mass is 16.6. The van der Waals surface area contributed by atoms with Crippen LogP contribution in [0.5, 0.6) is 0 Å². The Kier molecular flexibility index (Phi) is 5.05. The summed E-state index contributed by atoms with van der Waals surface area (Å²) in [4.78, 5) is 45.2. The molecule has 8 heteroatoms. The highest BCUT2D eigenvalue weighted by Gasteiger charge is 2.33. The number of nitrogens with zero attached hydrogens (tertiary/aromatic N) is 1. The van der Waals surface area contributed by atoms with Crippen molar-refractivity contribution in [2.45, 2.75) is 31.7 Å². The Hall–Kier alpha value is -2.77. The summed E-state index contributed by atoms with van der Waals surface area (Å²) in [5, 5.41) is 22.4. The Morgan fingerprint density at radius 1 is 1.39 bits per heavy atom. The van der Waals surface area contributed by atoms with Gasteiger partial charge in [-0.25, -0.2) is 4.79 Å². The van der Waals surface area contributed by atoms with Crippen LogP contribution in [0.4, 0.5) is 5.69 Å². The van der Waals surface area contributed by atoms with E-state index in [0.717, 1.165) is 6.07 Å². The zero-order chi connectivity index (χ0) is 17.0. The number of carbonyl (C=O) groups is 3. The van der Waals surface area contributed by atoms with Gasteiger partial charge in [-0.2, -0.15) is 0 Å². The van der Waals surface area contributed by atoms with E-state index in [1.807, 2.05) is 0 Å². The number of benzene rings is 1. The predicted molar refractivity (Wildman–Crippen MR) is 79.0 cm³/mol. The van der Waals surface area contributed by atoms with Crippen LogP contribution in [0.1, 0.15) is 36.0 Å². The number of ketones is 1. The maximum Gasteiger partial charge on any atom is 0.326 e. The minimum Gasteiger partial charge on any atom is -0.480 e. The smallest absolute Gasteiger partial charge is 0.326 e. The van der Waals surface area contributed by atoms with E-state index in [9.17, 15) is 29.6 Å². The van der Waals surface area contributed by atoms with Crippen LogP contribution in [-0.2, 0) is 9.59 Å². The van der Waals surface area contributed by atoms with Crippen LogP contribution in [-0.4, -0.2) is 33.7 Å². The van der Waals surface area contributed by atoms with Gasteiger partial charge in [0.1, 0.15) is 11.8 Å². The van der Waals surface area contributed by atoms with Crippen molar-refractivity contribution in [3.05, 3.63) is 39.9 Å². The standard InChI is InChI=1S/C15H16N2O6/c18-12-6-2-3-9(8-12)13(15(20)21)16-14(19)10-4-1-5-11(7-10)17(22)23/h1,4-5,7,9,13H,2-3,6,8H2,(H,16,19)(H,20,21)/t9-,13-/m0/s1. The molecule has 0 aliphatic heterocycles. The third-order valence-corrected chi connectivity index (χ3v) is 3.86. The van der Waals surface area contributed by atoms with Crippen molar-refractivity contribution in [3.8, 4) is 0 Å². The lowest BCUT2D eigenvalue weighted by Crippen LogP contribution is -2.47. The number of nitro groups is 1. The number of hydrogen-bond donors (Lipinski definition) is 2. The van der Waals surface area contributed by atoms with Gasteiger partial charge in [0, 0.05) is 30.5 Å². The number of rotatable bonds is 5. The molecule has 0 radical (unpaired) electrons. The van der Waals surface area contributed by atoms with E-state index in [2.05, 4.69) is 5.32 Å². The van der Waals surface area contributed by atoms with Gasteiger partial charge in [0.15, 0.2) is 0 Å². The maximum atomic E-state index is 12.2. The van der Waals surface area contributed by atoms with E-state index in [1.165, 1.54) is 18.2 Å². The normalized spacial score (nSPS) is 19.0. The van der Waals surface area contributed by atoms with Gasteiger partial charge in [-0.15, -0.1) is 0 Å². The number of nitro benzene ring substituents is 1. The molecular formula is C15H16N2O6. The number of carboxylic acids is 1. The lowest BCUT2D eigenvalue weighted by atomic mass is 9.83. The number of hydrogen-bond acceptors (Lipinski definition) is 5. The maximum absolute atomic E-state index is 12.2. The molecule has 0 heterocycles. The van der Waals surface area contributed by atoms with Crippen LogP contribution in [0.15, 0.2) is 24.3 Å². The molecule has 23 heavy (non-hydrogen) atoms. The predicted octanol–water partition coefficient (Wildman–Crippen LogP) is 1.54. The third kappa shape index (κ3) is 4.12. The van der Waals surface area contributed by atoms with Crippen LogP contribution in [0, 0.1) is 16.0 Å². The van der Waals surface area contributed by atoms with Gasteiger partial charge >= 0.3 is 5.97 Å². The molecule has 1 amide bonds. The highest BCUT2D eigenvalue weighted by Crippen LogP contribution is 2.25. The van der Waals surface area contributed by atoms with Crippen LogP contribution >= 0.6 is 0 Å². The number of carboxylic acid groups (broad SMARTS) is 1. The minimum absolute atomic E-state index is 0.00702. The van der Waals surface area contributed by atoms with Gasteiger partial charge in [-0.1, -0.05) is 6.07 Å². The summed E-state index contributed by atoms with van der Waals surface area (Å²) < 4.78 is 0. The minimum atomic E-state index is -1.22. The largest absolute Gasteiger partial charge is 0.480 e. The summed E-state index contributed by atoms with van der Waals surface area (Å²) in [6.07, 6.45) is 1.69. The summed E-state index contributed by atoms with van der Waals surface area (Å²) in [6.45, 7) is 0. The second-order valence-electron chi connectivity index (χ2n) is 5.49. The molecule has 8 nitrogen and oxygen atoms in total. The number of Topliss-reactive ketones (excluding diaryl/α,β-unsaturated/α-hetero) is 1. The topological polar surface area (TPSA) is 127 Å². The van der Waals surface area contributed by atoms with Crippen molar-refractivity contribution in [2.75, 3.05) is 0 Å². The molecule has 1 fully saturated rings. The molecule has 0 saturated heterocycles. The van der Waals surface area contributed by atoms with E-state index in [0.29, 0.717) is 19.3 Å². The molecular weight excluding hydrogens is 304 g/mol. The fourth-order valence-corrected chi connectivity index (χ4v) is 2.71. The SMILES string of the molecule is O=C1CCC[C@H]([C@H](NC(=O)c2cccc([N+](=O)[O-])c2)C(=O)O)C1. The van der Waals surface area contributed by atoms with E-state index in [-0.39, 0.29) is 23.5 Å². The first-order valence-electron chi connectivity index (χ1n) is 7.18. The molecule has 0 spiro atoms. The summed E-state index contributed by atoms with van der Waals surface area (Å²) >= 11 is 0. The lowest BCUT2D eigenvalue weighted by molar-refractivity contribution is -0.384. The van der Waals surface area contributed by atoms with Gasteiger partial charge in [-0.3, -0.25) is 19.7 Å². The van der Waals surface area contributed by atoms with Crippen molar-refractivity contribution in [3.63, 3.8) is 0 Å². The molecule has 0 aromatic heterocycles. The van der Waals surface area contributed by atoms with Gasteiger partial charge in [-0.05, 0) is 24.8 Å². The average molecular weight is 320 g/mol. The molecule has 2 atom stereocenters. The Morgan fingerprint density at radius 2 is 2.13 bits per heavy atom. The first kappa shape index (κ1) is 16.6. The van der Waals surface area contributed by atoms with E-state index < -0.39 is 28.8 Å². The molecule has 2 rings (SSSR count). The molecule has 0 bridgehead atoms. The molecule has 1 aromatic rings. The average Bonchev–Trinajstić information content (AvgIpc) is 2.52. The molecule has 1 aromatic carbocycles. The number of carbonyl (C=O) groups excluding carboxylic acids is 2. The van der Waals surface area contributed by atoms with Crippen molar-refractivity contribution >= 4 is 23.3 Å². The first-order valence-corrected chi connectivity index (χ1v) is 7.18. The van der Waals surface area contributed by atoms with Gasteiger partial charge in [0.25, 0.3) is 11.6 Å². The Balaban J connectivity index is 2.15. The van der Waals surface area contributed by atoms with Crippen molar-refractivity contribution < 1.29 is 24.4 Å². The number of nitrogens with one attached hydrogen (secondary N) is 1. The Labute approximate surface area is 131 Å². The molecule has 1 aliphatic rings. The number of aliphatic carboxylic acids is 1. The second kappa shape index (κ2) is 6.99. The Bertz CT molecular complexity index is 657. The van der Waals surface area contributed by atoms with E-state index in [1.54, 1.807) is 0 Å². The number of amides is 1. The molecule has 122 valence electrons. The van der Waals surface area contributed by atoms with Crippen LogP contribution in [0.3, 0.4) is 0 Å². The third-order valence-electron chi connectivity index (χ3n) is 3.86. The van der Waals surface area contributed by atoms with Crippen LogP contribution < -0.4 is 5.32 Å². The lowest BCUT2D eigenvalue weighted by Gasteiger charge is -2.27. The summed E-state index contributed by atoms with van der Waals surface area (Å²) in [7, 11) is 0. The van der Waals surface area contributed by atoms with Crippen molar-refractivity contribution in [1.29, 1.82) is 0 Å². The van der Waals surface area contributed by atoms with E-state index in [4.69, 9.17) is 0 Å². The highest BCUT2D eigenvalue weighted by molar-refractivity contribution is 5.97. The molecule has 0 unspecified atom stereocenters. The van der Waals surface area contributed by atoms with Crippen molar-refractivity contribution in [2.24, 2.45) is 5.92 Å². The summed E-state index contributed by atoms with van der Waals surface area (Å²) in [5.74, 6) is -2.41. The molecule has 1 saturated carbocycles. The fourth-order valence-electron chi connectivity index (χ4n) is 2.71. The zero-order valence-electron chi connectivity index (χ0n) is 12.2. The van der Waals surface area contributed by atoms with Gasteiger partial charge < -0.3 is 10.4 Å². The zero-order valence-corrected chi connectivity index (χ0v) is 12.2. The first-order chi connectivity index (χ1) is 10.9. The number of non-ortho nitro benzene ring substituents is 1. The van der Waals surface area contributed by atoms with Crippen molar-refractivity contribution in [1.82, 2.24) is 5.32 Å².